The number of carbonyl (C=O) groups is 1. The minimum atomic E-state index is -1.04. The molecule has 98 valence electrons. The van der Waals surface area contributed by atoms with Gasteiger partial charge in [0.25, 0.3) is 5.91 Å². The molecule has 0 aliphatic carbocycles. The van der Waals surface area contributed by atoms with Crippen molar-refractivity contribution in [1.29, 1.82) is 0 Å². The molecule has 0 saturated carbocycles. The molecule has 2 rings (SSSR count). The Labute approximate surface area is 107 Å². The number of amides is 1. The summed E-state index contributed by atoms with van der Waals surface area (Å²) >= 11 is 0. The summed E-state index contributed by atoms with van der Waals surface area (Å²) < 4.78 is 39.3. The number of aromatic nitrogens is 1. The molecule has 1 aromatic heterocycles. The summed E-state index contributed by atoms with van der Waals surface area (Å²) in [7, 11) is 0. The number of hydrogen-bond donors (Lipinski definition) is 1. The third-order valence-corrected chi connectivity index (χ3v) is 2.46. The molecule has 0 atom stereocenters. The average Bonchev–Trinajstić information content (AvgIpc) is 2.38. The number of pyridine rings is 1. The van der Waals surface area contributed by atoms with Crippen molar-refractivity contribution < 1.29 is 18.0 Å². The molecule has 6 heteroatoms. The number of nitrogens with zero attached hydrogens (tertiary/aromatic N) is 1. The second-order valence-electron chi connectivity index (χ2n) is 3.77. The largest absolute Gasteiger partial charge is 0.348 e. The predicted octanol–water partition coefficient (Wildman–Crippen LogP) is 2.43. The molecule has 0 spiro atoms. The Kier molecular flexibility index (Phi) is 3.79. The second-order valence-corrected chi connectivity index (χ2v) is 3.77. The molecule has 1 amide bonds. The summed E-state index contributed by atoms with van der Waals surface area (Å²) in [4.78, 5) is 15.4. The first-order chi connectivity index (χ1) is 9.08. The minimum absolute atomic E-state index is 0.269. The zero-order valence-corrected chi connectivity index (χ0v) is 9.66. The third kappa shape index (κ3) is 3.09. The van der Waals surface area contributed by atoms with Gasteiger partial charge in [0, 0.05) is 36.6 Å². The molecule has 1 N–H and O–H groups in total. The summed E-state index contributed by atoms with van der Waals surface area (Å²) in [5.74, 6) is -3.60. The van der Waals surface area contributed by atoms with Crippen molar-refractivity contribution >= 4 is 5.91 Å². The van der Waals surface area contributed by atoms with Crippen LogP contribution in [-0.4, -0.2) is 10.9 Å². The Hall–Kier alpha value is -2.37. The van der Waals surface area contributed by atoms with Crippen LogP contribution in [0.4, 0.5) is 13.2 Å². The Bertz CT molecular complexity index is 579. The Morgan fingerprint density at radius 1 is 1.21 bits per heavy atom. The molecule has 1 aromatic carbocycles. The lowest BCUT2D eigenvalue weighted by Gasteiger charge is -2.07. The molecule has 1 heterocycles. The van der Waals surface area contributed by atoms with Crippen molar-refractivity contribution in [2.75, 3.05) is 0 Å². The fraction of sp³-hybridized carbons (Fsp3) is 0.0769. The topological polar surface area (TPSA) is 42.0 Å². The fourth-order valence-electron chi connectivity index (χ4n) is 1.51. The van der Waals surface area contributed by atoms with E-state index in [2.05, 4.69) is 10.3 Å². The zero-order chi connectivity index (χ0) is 13.8. The summed E-state index contributed by atoms with van der Waals surface area (Å²) in [5, 5.41) is 2.33. The lowest BCUT2D eigenvalue weighted by Crippen LogP contribution is -2.24. The molecule has 3 nitrogen and oxygen atoms in total. The van der Waals surface area contributed by atoms with Gasteiger partial charge in [-0.2, -0.15) is 0 Å². The van der Waals surface area contributed by atoms with E-state index in [1.165, 1.54) is 18.5 Å². The van der Waals surface area contributed by atoms with Crippen LogP contribution in [0.1, 0.15) is 15.9 Å². The molecule has 0 radical (unpaired) electrons. The lowest BCUT2D eigenvalue weighted by atomic mass is 10.2. The second kappa shape index (κ2) is 5.51. The maximum atomic E-state index is 13.3. The summed E-state index contributed by atoms with van der Waals surface area (Å²) in [6.07, 6.45) is 2.82. The summed E-state index contributed by atoms with van der Waals surface area (Å²) in [6.45, 7) is -0.369. The van der Waals surface area contributed by atoms with E-state index in [1.54, 1.807) is 6.07 Å². The highest BCUT2D eigenvalue weighted by molar-refractivity contribution is 5.93. The number of hydrogen-bond acceptors (Lipinski definition) is 2. The van der Waals surface area contributed by atoms with E-state index in [0.717, 1.165) is 0 Å². The van der Waals surface area contributed by atoms with Crippen molar-refractivity contribution in [2.45, 2.75) is 6.54 Å². The highest BCUT2D eigenvalue weighted by Gasteiger charge is 2.13. The van der Waals surface area contributed by atoms with Crippen molar-refractivity contribution in [3.05, 3.63) is 65.2 Å². The van der Waals surface area contributed by atoms with Crippen LogP contribution in [0, 0.1) is 17.5 Å². The Morgan fingerprint density at radius 2 is 1.89 bits per heavy atom. The Balaban J connectivity index is 2.10. The number of benzene rings is 1. The molecule has 0 aliphatic rings. The van der Waals surface area contributed by atoms with Gasteiger partial charge in [0.2, 0.25) is 0 Å². The zero-order valence-electron chi connectivity index (χ0n) is 9.66. The standard InChI is InChI=1S/C13H9F3N2O/c14-9-4-11(15)10(12(16)5-9)7-18-13(19)8-2-1-3-17-6-8/h1-6H,7H2,(H,18,19). The van der Waals surface area contributed by atoms with E-state index in [9.17, 15) is 18.0 Å². The van der Waals surface area contributed by atoms with E-state index in [-0.39, 0.29) is 12.1 Å². The van der Waals surface area contributed by atoms with Crippen LogP contribution in [0.3, 0.4) is 0 Å². The molecule has 0 saturated heterocycles. The van der Waals surface area contributed by atoms with Gasteiger partial charge in [-0.3, -0.25) is 9.78 Å². The van der Waals surface area contributed by atoms with Crippen molar-refractivity contribution in [1.82, 2.24) is 10.3 Å². The highest BCUT2D eigenvalue weighted by atomic mass is 19.1. The van der Waals surface area contributed by atoms with Crippen LogP contribution in [0.2, 0.25) is 0 Å². The van der Waals surface area contributed by atoms with Gasteiger partial charge in [-0.05, 0) is 12.1 Å². The van der Waals surface area contributed by atoms with Crippen LogP contribution < -0.4 is 5.32 Å². The van der Waals surface area contributed by atoms with Gasteiger partial charge in [0.05, 0.1) is 5.56 Å². The fourth-order valence-corrected chi connectivity index (χ4v) is 1.51. The van der Waals surface area contributed by atoms with Crippen LogP contribution >= 0.6 is 0 Å². The normalized spacial score (nSPS) is 10.3. The van der Waals surface area contributed by atoms with E-state index >= 15 is 0 Å². The van der Waals surface area contributed by atoms with Crippen LogP contribution in [-0.2, 0) is 6.54 Å². The van der Waals surface area contributed by atoms with E-state index in [1.807, 2.05) is 0 Å². The van der Waals surface area contributed by atoms with Gasteiger partial charge < -0.3 is 5.32 Å². The van der Waals surface area contributed by atoms with Gasteiger partial charge in [-0.15, -0.1) is 0 Å². The van der Waals surface area contributed by atoms with Crippen molar-refractivity contribution in [2.24, 2.45) is 0 Å². The molecule has 0 unspecified atom stereocenters. The molecule has 0 fully saturated rings. The first kappa shape index (κ1) is 13.1. The molecule has 2 aromatic rings. The third-order valence-electron chi connectivity index (χ3n) is 2.46. The number of nitrogens with one attached hydrogen (secondary N) is 1. The lowest BCUT2D eigenvalue weighted by molar-refractivity contribution is 0.0950. The molecular weight excluding hydrogens is 257 g/mol. The number of carbonyl (C=O) groups excluding carboxylic acids is 1. The molecule has 0 aliphatic heterocycles. The average molecular weight is 266 g/mol. The van der Waals surface area contributed by atoms with Gasteiger partial charge in [0.1, 0.15) is 17.5 Å². The van der Waals surface area contributed by atoms with Crippen molar-refractivity contribution in [3.8, 4) is 0 Å². The van der Waals surface area contributed by atoms with Crippen LogP contribution in [0.25, 0.3) is 0 Å². The first-order valence-corrected chi connectivity index (χ1v) is 5.39. The Morgan fingerprint density at radius 3 is 2.47 bits per heavy atom. The smallest absolute Gasteiger partial charge is 0.253 e. The van der Waals surface area contributed by atoms with E-state index in [4.69, 9.17) is 0 Å². The molecular formula is C13H9F3N2O. The molecule has 19 heavy (non-hydrogen) atoms. The van der Waals surface area contributed by atoms with E-state index in [0.29, 0.717) is 12.1 Å². The van der Waals surface area contributed by atoms with Gasteiger partial charge >= 0.3 is 0 Å². The summed E-state index contributed by atoms with van der Waals surface area (Å²) in [5.41, 5.74) is -0.121. The van der Waals surface area contributed by atoms with Gasteiger partial charge in [-0.1, -0.05) is 0 Å². The van der Waals surface area contributed by atoms with E-state index < -0.39 is 28.9 Å². The van der Waals surface area contributed by atoms with Gasteiger partial charge in [-0.25, -0.2) is 13.2 Å². The first-order valence-electron chi connectivity index (χ1n) is 5.39. The SMILES string of the molecule is O=C(NCc1c(F)cc(F)cc1F)c1cccnc1. The monoisotopic (exact) mass is 266 g/mol. The predicted molar refractivity (Wildman–Crippen MR) is 61.7 cm³/mol. The minimum Gasteiger partial charge on any atom is -0.348 e. The quantitative estimate of drug-likeness (QED) is 0.927. The number of rotatable bonds is 3. The van der Waals surface area contributed by atoms with Crippen LogP contribution in [0.15, 0.2) is 36.7 Å². The van der Waals surface area contributed by atoms with Crippen molar-refractivity contribution in [3.63, 3.8) is 0 Å². The maximum Gasteiger partial charge on any atom is 0.253 e. The van der Waals surface area contributed by atoms with Crippen LogP contribution in [0.5, 0.6) is 0 Å². The maximum absolute atomic E-state index is 13.3. The van der Waals surface area contributed by atoms with Gasteiger partial charge in [0.15, 0.2) is 0 Å². The highest BCUT2D eigenvalue weighted by Crippen LogP contribution is 2.14. The number of halogens is 3. The summed E-state index contributed by atoms with van der Waals surface area (Å²) in [6, 6.07) is 4.21. The molecule has 0 bridgehead atoms.